The zero-order chi connectivity index (χ0) is 20.2. The molecule has 27 heavy (non-hydrogen) atoms. The minimum atomic E-state index is -5.52. The molecule has 0 aliphatic carbocycles. The van der Waals surface area contributed by atoms with Crippen LogP contribution in [0.2, 0.25) is 0 Å². The molecular weight excluding hydrogens is 387 g/mol. The highest BCUT2D eigenvalue weighted by Gasteiger charge is 2.46. The van der Waals surface area contributed by atoms with Gasteiger partial charge in [-0.1, -0.05) is 6.07 Å². The Balaban J connectivity index is 2.11. The van der Waals surface area contributed by atoms with Crippen molar-refractivity contribution in [2.45, 2.75) is 5.51 Å². The smallest absolute Gasteiger partial charge is 0.355 e. The third kappa shape index (κ3) is 4.97. The van der Waals surface area contributed by atoms with Crippen LogP contribution in [0.4, 0.5) is 24.5 Å². The van der Waals surface area contributed by atoms with Crippen molar-refractivity contribution in [3.05, 3.63) is 59.7 Å². The van der Waals surface area contributed by atoms with E-state index in [0.717, 1.165) is 12.1 Å². The van der Waals surface area contributed by atoms with E-state index in [4.69, 9.17) is 0 Å². The zero-order valence-corrected chi connectivity index (χ0v) is 14.6. The third-order valence-corrected chi connectivity index (χ3v) is 4.43. The maximum atomic E-state index is 12.3. The third-order valence-electron chi connectivity index (χ3n) is 3.31. The van der Waals surface area contributed by atoms with Crippen LogP contribution in [0.15, 0.2) is 48.5 Å². The number of halogens is 3. The summed E-state index contributed by atoms with van der Waals surface area (Å²) in [5.41, 5.74) is -5.05. The first-order valence-corrected chi connectivity index (χ1v) is 8.84. The summed E-state index contributed by atoms with van der Waals surface area (Å²) in [4.78, 5) is 23.8. The van der Waals surface area contributed by atoms with Crippen molar-refractivity contribution in [3.63, 3.8) is 0 Å². The number of sulfonamides is 1. The Morgan fingerprint density at radius 2 is 1.41 bits per heavy atom. The monoisotopic (exact) mass is 401 g/mol. The molecule has 0 saturated heterocycles. The summed E-state index contributed by atoms with van der Waals surface area (Å²) in [6.07, 6.45) is 0. The van der Waals surface area contributed by atoms with Gasteiger partial charge < -0.3 is 10.6 Å². The number of amides is 2. The first-order valence-electron chi connectivity index (χ1n) is 7.36. The van der Waals surface area contributed by atoms with Crippen LogP contribution in [0.25, 0.3) is 0 Å². The maximum absolute atomic E-state index is 12.3. The van der Waals surface area contributed by atoms with Gasteiger partial charge >= 0.3 is 15.5 Å². The van der Waals surface area contributed by atoms with E-state index < -0.39 is 21.4 Å². The van der Waals surface area contributed by atoms with E-state index in [1.165, 1.54) is 48.2 Å². The molecular formula is C16H14F3N3O4S. The van der Waals surface area contributed by atoms with Crippen molar-refractivity contribution in [1.29, 1.82) is 0 Å². The lowest BCUT2D eigenvalue weighted by Crippen LogP contribution is -2.29. The molecule has 2 amide bonds. The topological polar surface area (TPSA) is 104 Å². The minimum Gasteiger partial charge on any atom is -0.355 e. The normalized spacial score (nSPS) is 11.6. The molecule has 0 unspecified atom stereocenters. The Kier molecular flexibility index (Phi) is 5.74. The second-order valence-electron chi connectivity index (χ2n) is 5.24. The van der Waals surface area contributed by atoms with E-state index in [0.29, 0.717) is 0 Å². The van der Waals surface area contributed by atoms with Gasteiger partial charge in [-0.15, -0.1) is 0 Å². The van der Waals surface area contributed by atoms with Crippen molar-refractivity contribution in [3.8, 4) is 0 Å². The Morgan fingerprint density at radius 1 is 0.889 bits per heavy atom. The highest BCUT2D eigenvalue weighted by atomic mass is 32.2. The van der Waals surface area contributed by atoms with E-state index in [1.54, 1.807) is 0 Å². The zero-order valence-electron chi connectivity index (χ0n) is 13.8. The lowest BCUT2D eigenvalue weighted by Gasteiger charge is -2.11. The van der Waals surface area contributed by atoms with Gasteiger partial charge in [-0.2, -0.15) is 21.6 Å². The number of carbonyl (C=O) groups excluding carboxylic acids is 2. The Labute approximate surface area is 152 Å². The number of benzene rings is 2. The van der Waals surface area contributed by atoms with Gasteiger partial charge in [0.05, 0.1) is 0 Å². The van der Waals surface area contributed by atoms with Gasteiger partial charge in [0, 0.05) is 29.5 Å². The second-order valence-corrected chi connectivity index (χ2v) is 6.92. The minimum absolute atomic E-state index is 0.193. The molecule has 0 atom stereocenters. The lowest BCUT2D eigenvalue weighted by atomic mass is 10.1. The van der Waals surface area contributed by atoms with Crippen LogP contribution in [0.1, 0.15) is 20.7 Å². The number of hydrogen-bond acceptors (Lipinski definition) is 4. The summed E-state index contributed by atoms with van der Waals surface area (Å²) in [6.45, 7) is 0. The molecule has 3 N–H and O–H groups in total. The fourth-order valence-electron chi connectivity index (χ4n) is 1.98. The van der Waals surface area contributed by atoms with E-state index >= 15 is 0 Å². The van der Waals surface area contributed by atoms with Gasteiger partial charge in [-0.3, -0.25) is 14.3 Å². The molecule has 2 rings (SSSR count). The highest BCUT2D eigenvalue weighted by molar-refractivity contribution is 7.93. The average Bonchev–Trinajstić information content (AvgIpc) is 2.61. The number of nitrogens with one attached hydrogen (secondary N) is 3. The molecule has 0 saturated carbocycles. The van der Waals surface area contributed by atoms with Crippen molar-refractivity contribution in [1.82, 2.24) is 5.32 Å². The lowest BCUT2D eigenvalue weighted by molar-refractivity contribution is -0.0429. The van der Waals surface area contributed by atoms with Crippen molar-refractivity contribution < 1.29 is 31.2 Å². The summed E-state index contributed by atoms with van der Waals surface area (Å²) < 4.78 is 60.5. The second kappa shape index (κ2) is 7.66. The van der Waals surface area contributed by atoms with Crippen LogP contribution in [0.3, 0.4) is 0 Å². The van der Waals surface area contributed by atoms with Gasteiger partial charge in [-0.05, 0) is 42.5 Å². The number of alkyl halides is 3. The summed E-state index contributed by atoms with van der Waals surface area (Å²) in [5.74, 6) is -0.921. The van der Waals surface area contributed by atoms with E-state index in [9.17, 15) is 31.2 Å². The Morgan fingerprint density at radius 3 is 1.93 bits per heavy atom. The molecule has 0 aliphatic rings. The van der Waals surface area contributed by atoms with E-state index in [-0.39, 0.29) is 28.4 Å². The molecule has 2 aromatic rings. The van der Waals surface area contributed by atoms with E-state index in [2.05, 4.69) is 10.6 Å². The van der Waals surface area contributed by atoms with Crippen LogP contribution in [0, 0.1) is 0 Å². The van der Waals surface area contributed by atoms with E-state index in [1.807, 2.05) is 0 Å². The van der Waals surface area contributed by atoms with Crippen molar-refractivity contribution in [2.24, 2.45) is 0 Å². The molecule has 0 radical (unpaired) electrons. The SMILES string of the molecule is CNC(=O)c1cccc(C(=O)Nc2ccc(NS(=O)(=O)C(F)(F)F)cc2)c1. The van der Waals surface area contributed by atoms with Gasteiger partial charge in [0.2, 0.25) is 0 Å². The standard InChI is InChI=1S/C16H14F3N3O4S/c1-20-14(23)10-3-2-4-11(9-10)15(24)21-12-5-7-13(8-6-12)22-27(25,26)16(17,18)19/h2-9,22H,1H3,(H,20,23)(H,21,24). The summed E-state index contributed by atoms with van der Waals surface area (Å²) >= 11 is 0. The summed E-state index contributed by atoms with van der Waals surface area (Å²) in [5, 5.41) is 4.92. The predicted octanol–water partition coefficient (Wildman–Crippen LogP) is 2.56. The molecule has 0 fully saturated rings. The molecule has 144 valence electrons. The fourth-order valence-corrected chi connectivity index (χ4v) is 2.55. The van der Waals surface area contributed by atoms with Crippen LogP contribution < -0.4 is 15.4 Å². The van der Waals surface area contributed by atoms with Crippen LogP contribution in [-0.4, -0.2) is 32.8 Å². The molecule has 0 aromatic heterocycles. The molecule has 2 aromatic carbocycles. The summed E-state index contributed by atoms with van der Waals surface area (Å²) in [7, 11) is -4.07. The maximum Gasteiger partial charge on any atom is 0.516 e. The van der Waals surface area contributed by atoms with Crippen LogP contribution >= 0.6 is 0 Å². The highest BCUT2D eigenvalue weighted by Crippen LogP contribution is 2.26. The molecule has 7 nitrogen and oxygen atoms in total. The summed E-state index contributed by atoms with van der Waals surface area (Å²) in [6, 6.07) is 10.5. The average molecular weight is 401 g/mol. The number of anilines is 2. The first kappa shape index (κ1) is 20.2. The number of hydrogen-bond donors (Lipinski definition) is 3. The van der Waals surface area contributed by atoms with Crippen LogP contribution in [0.5, 0.6) is 0 Å². The van der Waals surface area contributed by atoms with Gasteiger partial charge in [0.25, 0.3) is 11.8 Å². The van der Waals surface area contributed by atoms with Gasteiger partial charge in [0.1, 0.15) is 0 Å². The molecule has 0 bridgehead atoms. The molecule has 0 spiro atoms. The van der Waals surface area contributed by atoms with Crippen LogP contribution in [-0.2, 0) is 10.0 Å². The molecule has 0 heterocycles. The molecule has 11 heteroatoms. The quantitative estimate of drug-likeness (QED) is 0.716. The Bertz CT molecular complexity index is 958. The molecule has 0 aliphatic heterocycles. The largest absolute Gasteiger partial charge is 0.516 e. The number of carbonyl (C=O) groups is 2. The number of rotatable bonds is 5. The van der Waals surface area contributed by atoms with Gasteiger partial charge in [-0.25, -0.2) is 0 Å². The van der Waals surface area contributed by atoms with Crippen molar-refractivity contribution in [2.75, 3.05) is 17.1 Å². The Hall–Kier alpha value is -3.08. The fraction of sp³-hybridized carbons (Fsp3) is 0.125. The van der Waals surface area contributed by atoms with Crippen molar-refractivity contribution >= 4 is 33.2 Å². The van der Waals surface area contributed by atoms with Gasteiger partial charge in [0.15, 0.2) is 0 Å². The first-order chi connectivity index (χ1) is 12.5. The predicted molar refractivity (Wildman–Crippen MR) is 92.8 cm³/mol.